The van der Waals surface area contributed by atoms with Gasteiger partial charge in [0.15, 0.2) is 5.82 Å². The van der Waals surface area contributed by atoms with E-state index in [1.165, 1.54) is 38.2 Å². The molecule has 1 aromatic heterocycles. The van der Waals surface area contributed by atoms with Gasteiger partial charge < -0.3 is 5.32 Å². The van der Waals surface area contributed by atoms with E-state index in [0.29, 0.717) is 17.3 Å². The van der Waals surface area contributed by atoms with Gasteiger partial charge in [-0.25, -0.2) is 0 Å². The lowest BCUT2D eigenvalue weighted by Gasteiger charge is -2.20. The van der Waals surface area contributed by atoms with Crippen LogP contribution in [0.4, 0.5) is 11.5 Å². The van der Waals surface area contributed by atoms with Crippen molar-refractivity contribution in [1.82, 2.24) is 10.2 Å². The summed E-state index contributed by atoms with van der Waals surface area (Å²) in [6.07, 6.45) is 7.33. The van der Waals surface area contributed by atoms with E-state index in [0.717, 1.165) is 12.1 Å². The maximum absolute atomic E-state index is 12.3. The Morgan fingerprint density at radius 1 is 1.32 bits per heavy atom. The Bertz CT molecular complexity index is 778. The zero-order valence-electron chi connectivity index (χ0n) is 14.2. The number of carbonyl (C=O) groups excluding carboxylic acids is 1. The molecule has 132 valence electrons. The molecule has 1 aliphatic rings. The fourth-order valence-corrected chi connectivity index (χ4v) is 3.37. The Kier molecular flexibility index (Phi) is 5.11. The molecular weight excluding hydrogens is 320 g/mol. The van der Waals surface area contributed by atoms with Crippen molar-refractivity contribution >= 4 is 17.4 Å². The molecule has 0 aliphatic heterocycles. The summed E-state index contributed by atoms with van der Waals surface area (Å²) >= 11 is 0. The van der Waals surface area contributed by atoms with E-state index in [9.17, 15) is 14.9 Å². The molecule has 1 aliphatic carbocycles. The van der Waals surface area contributed by atoms with Crippen LogP contribution in [0.5, 0.6) is 0 Å². The fraction of sp³-hybridized carbons (Fsp3) is 0.444. The molecule has 2 aromatic rings. The lowest BCUT2D eigenvalue weighted by Crippen LogP contribution is -2.12. The third kappa shape index (κ3) is 4.23. The highest BCUT2D eigenvalue weighted by atomic mass is 16.6. The third-order valence-electron chi connectivity index (χ3n) is 4.77. The van der Waals surface area contributed by atoms with Gasteiger partial charge in [-0.1, -0.05) is 38.2 Å². The Labute approximate surface area is 146 Å². The van der Waals surface area contributed by atoms with E-state index < -0.39 is 10.8 Å². The zero-order valence-corrected chi connectivity index (χ0v) is 14.2. The van der Waals surface area contributed by atoms with Crippen LogP contribution < -0.4 is 5.32 Å². The van der Waals surface area contributed by atoms with E-state index in [-0.39, 0.29) is 11.3 Å². The van der Waals surface area contributed by atoms with Gasteiger partial charge in [0.2, 0.25) is 0 Å². The molecular formula is C18H22N4O3. The van der Waals surface area contributed by atoms with E-state index >= 15 is 0 Å². The largest absolute Gasteiger partial charge is 0.305 e. The highest BCUT2D eigenvalue weighted by Gasteiger charge is 2.17. The van der Waals surface area contributed by atoms with Crippen LogP contribution in [0.2, 0.25) is 0 Å². The number of aryl methyl sites for hydroxylation is 1. The van der Waals surface area contributed by atoms with Crippen LogP contribution >= 0.6 is 0 Å². The summed E-state index contributed by atoms with van der Waals surface area (Å²) in [6.45, 7) is 1.64. The number of nitrogens with one attached hydrogen (secondary N) is 2. The van der Waals surface area contributed by atoms with Gasteiger partial charge >= 0.3 is 0 Å². The first kappa shape index (κ1) is 17.1. The van der Waals surface area contributed by atoms with Gasteiger partial charge in [0.25, 0.3) is 11.6 Å². The predicted octanol–water partition coefficient (Wildman–Crippen LogP) is 4.00. The molecule has 1 heterocycles. The number of nitro benzene ring substituents is 1. The molecule has 0 saturated heterocycles. The summed E-state index contributed by atoms with van der Waals surface area (Å²) in [7, 11) is 0. The molecule has 25 heavy (non-hydrogen) atoms. The van der Waals surface area contributed by atoms with Crippen molar-refractivity contribution in [2.75, 3.05) is 5.32 Å². The number of nitro groups is 1. The van der Waals surface area contributed by atoms with Gasteiger partial charge in [-0.2, -0.15) is 5.10 Å². The number of benzene rings is 1. The minimum Gasteiger partial charge on any atom is -0.305 e. The third-order valence-corrected chi connectivity index (χ3v) is 4.77. The van der Waals surface area contributed by atoms with Crippen molar-refractivity contribution in [3.63, 3.8) is 0 Å². The summed E-state index contributed by atoms with van der Waals surface area (Å²) in [6, 6.07) is 6.29. The van der Waals surface area contributed by atoms with E-state index in [2.05, 4.69) is 15.5 Å². The second kappa shape index (κ2) is 7.46. The van der Waals surface area contributed by atoms with Gasteiger partial charge in [-0.3, -0.25) is 20.0 Å². The van der Waals surface area contributed by atoms with Crippen molar-refractivity contribution in [3.8, 4) is 0 Å². The summed E-state index contributed by atoms with van der Waals surface area (Å²) in [5.74, 6) is 0.718. The molecule has 0 unspecified atom stereocenters. The van der Waals surface area contributed by atoms with Gasteiger partial charge in [0, 0.05) is 29.0 Å². The highest BCUT2D eigenvalue weighted by molar-refractivity contribution is 6.04. The number of carbonyl (C=O) groups is 1. The molecule has 2 N–H and O–H groups in total. The van der Waals surface area contributed by atoms with Crippen molar-refractivity contribution < 1.29 is 9.72 Å². The fourth-order valence-electron chi connectivity index (χ4n) is 3.37. The Morgan fingerprint density at radius 2 is 2.08 bits per heavy atom. The molecule has 1 saturated carbocycles. The second-order valence-corrected chi connectivity index (χ2v) is 6.70. The quantitative estimate of drug-likeness (QED) is 0.633. The molecule has 7 nitrogen and oxygen atoms in total. The topological polar surface area (TPSA) is 101 Å². The number of anilines is 1. The van der Waals surface area contributed by atoms with Gasteiger partial charge in [-0.15, -0.1) is 0 Å². The number of H-pyrrole nitrogens is 1. The van der Waals surface area contributed by atoms with E-state index in [4.69, 9.17) is 0 Å². The average Bonchev–Trinajstić information content (AvgIpc) is 3.02. The Morgan fingerprint density at radius 3 is 2.80 bits per heavy atom. The average molecular weight is 342 g/mol. The van der Waals surface area contributed by atoms with Crippen molar-refractivity contribution in [2.24, 2.45) is 5.92 Å². The minimum absolute atomic E-state index is 0.0623. The molecule has 1 fully saturated rings. The number of rotatable bonds is 5. The van der Waals surface area contributed by atoms with Crippen LogP contribution in [-0.4, -0.2) is 21.0 Å². The van der Waals surface area contributed by atoms with E-state index in [1.807, 2.05) is 6.07 Å². The number of nitrogens with zero attached hydrogens (tertiary/aromatic N) is 2. The van der Waals surface area contributed by atoms with Crippen LogP contribution in [0, 0.1) is 23.0 Å². The molecule has 0 radical (unpaired) electrons. The number of amides is 1. The van der Waals surface area contributed by atoms with Crippen molar-refractivity contribution in [3.05, 3.63) is 51.2 Å². The molecule has 1 aromatic carbocycles. The monoisotopic (exact) mass is 342 g/mol. The predicted molar refractivity (Wildman–Crippen MR) is 94.7 cm³/mol. The highest BCUT2D eigenvalue weighted by Crippen LogP contribution is 2.27. The van der Waals surface area contributed by atoms with Crippen molar-refractivity contribution in [2.45, 2.75) is 45.4 Å². The van der Waals surface area contributed by atoms with Crippen LogP contribution in [0.25, 0.3) is 0 Å². The SMILES string of the molecule is Cc1ccc(C(=O)Nc2cc(CC3CCCCC3)[nH]n2)cc1[N+](=O)[O-]. The second-order valence-electron chi connectivity index (χ2n) is 6.70. The summed E-state index contributed by atoms with van der Waals surface area (Å²) in [5, 5.41) is 20.8. The van der Waals surface area contributed by atoms with Gasteiger partial charge in [-0.05, 0) is 25.3 Å². The Balaban J connectivity index is 1.65. The maximum Gasteiger partial charge on any atom is 0.273 e. The Hall–Kier alpha value is -2.70. The lowest BCUT2D eigenvalue weighted by molar-refractivity contribution is -0.385. The van der Waals surface area contributed by atoms with E-state index in [1.54, 1.807) is 19.1 Å². The number of aromatic nitrogens is 2. The lowest BCUT2D eigenvalue weighted by atomic mass is 9.86. The molecule has 0 spiro atoms. The zero-order chi connectivity index (χ0) is 17.8. The summed E-state index contributed by atoms with van der Waals surface area (Å²) < 4.78 is 0. The normalized spacial score (nSPS) is 15.1. The minimum atomic E-state index is -0.483. The molecule has 1 amide bonds. The summed E-state index contributed by atoms with van der Waals surface area (Å²) in [4.78, 5) is 22.8. The first-order chi connectivity index (χ1) is 12.0. The van der Waals surface area contributed by atoms with Crippen LogP contribution in [-0.2, 0) is 6.42 Å². The smallest absolute Gasteiger partial charge is 0.273 e. The van der Waals surface area contributed by atoms with Crippen LogP contribution in [0.15, 0.2) is 24.3 Å². The molecule has 0 bridgehead atoms. The van der Waals surface area contributed by atoms with Crippen molar-refractivity contribution in [1.29, 1.82) is 0 Å². The van der Waals surface area contributed by atoms with Gasteiger partial charge in [0.05, 0.1) is 4.92 Å². The standard InChI is InChI=1S/C18H22N4O3/c1-12-7-8-14(10-16(12)22(24)25)18(23)19-17-11-15(20-21-17)9-13-5-3-2-4-6-13/h7-8,10-11,13H,2-6,9H2,1H3,(H2,19,20,21,23). The number of aromatic amines is 1. The maximum atomic E-state index is 12.3. The van der Waals surface area contributed by atoms with Crippen LogP contribution in [0.1, 0.15) is 53.7 Å². The van der Waals surface area contributed by atoms with Crippen LogP contribution in [0.3, 0.4) is 0 Å². The molecule has 3 rings (SSSR count). The molecule has 0 atom stereocenters. The first-order valence-corrected chi connectivity index (χ1v) is 8.63. The number of hydrogen-bond acceptors (Lipinski definition) is 4. The molecule has 7 heteroatoms. The summed E-state index contributed by atoms with van der Waals surface area (Å²) in [5.41, 5.74) is 1.72. The van der Waals surface area contributed by atoms with Gasteiger partial charge in [0.1, 0.15) is 0 Å². The first-order valence-electron chi connectivity index (χ1n) is 8.63. The number of hydrogen-bond donors (Lipinski definition) is 2.